The van der Waals surface area contributed by atoms with E-state index in [0.717, 1.165) is 60.3 Å². The summed E-state index contributed by atoms with van der Waals surface area (Å²) in [4.78, 5) is 26.3. The molecule has 38 heavy (non-hydrogen) atoms. The molecule has 2 fully saturated rings. The number of benzene rings is 1. The summed E-state index contributed by atoms with van der Waals surface area (Å²) in [7, 11) is 0. The van der Waals surface area contributed by atoms with Gasteiger partial charge >= 0.3 is 0 Å². The third-order valence-corrected chi connectivity index (χ3v) is 7.52. The van der Waals surface area contributed by atoms with Gasteiger partial charge in [-0.25, -0.2) is 4.98 Å². The molecular formula is C29H32N6O3. The normalized spacial score (nSPS) is 20.0. The van der Waals surface area contributed by atoms with Gasteiger partial charge in [0.2, 0.25) is 5.88 Å². The second-order valence-corrected chi connectivity index (χ2v) is 10.9. The summed E-state index contributed by atoms with van der Waals surface area (Å²) in [5.41, 5.74) is 2.43. The first-order chi connectivity index (χ1) is 18.3. The van der Waals surface area contributed by atoms with E-state index >= 15 is 0 Å². The van der Waals surface area contributed by atoms with Crippen molar-refractivity contribution in [3.8, 4) is 22.9 Å². The van der Waals surface area contributed by atoms with Crippen molar-refractivity contribution in [2.45, 2.75) is 44.9 Å². The molecule has 0 radical (unpaired) electrons. The number of nitrogens with one attached hydrogen (secondary N) is 1. The Morgan fingerprint density at radius 3 is 2.82 bits per heavy atom. The SMILES string of the molecule is CC(C)(O)C(=O)N1CCC2CC(C1)N(Cc1ccc3cc(Oc4ccc(-c5ccn[nH]5)cn4)ccc3n1)C2. The highest BCUT2D eigenvalue weighted by atomic mass is 16.5. The predicted molar refractivity (Wildman–Crippen MR) is 143 cm³/mol. The van der Waals surface area contributed by atoms with Crippen LogP contribution < -0.4 is 4.74 Å². The Morgan fingerprint density at radius 1 is 1.16 bits per heavy atom. The van der Waals surface area contributed by atoms with E-state index in [1.54, 1.807) is 26.2 Å². The number of likely N-dealkylation sites (tertiary alicyclic amines) is 2. The van der Waals surface area contributed by atoms with Crippen LogP contribution in [0.25, 0.3) is 22.2 Å². The van der Waals surface area contributed by atoms with Crippen molar-refractivity contribution in [3.05, 3.63) is 66.6 Å². The molecule has 6 rings (SSSR count). The number of ether oxygens (including phenoxy) is 1. The lowest BCUT2D eigenvalue weighted by Crippen LogP contribution is -2.50. The van der Waals surface area contributed by atoms with Crippen LogP contribution in [0, 0.1) is 5.92 Å². The second kappa shape index (κ2) is 9.81. The molecule has 2 N–H and O–H groups in total. The van der Waals surface area contributed by atoms with E-state index in [1.165, 1.54) is 0 Å². The number of carbonyl (C=O) groups is 1. The Bertz CT molecular complexity index is 1430. The van der Waals surface area contributed by atoms with Crippen LogP contribution in [-0.2, 0) is 11.3 Å². The standard InChI is InChI=1S/C29H32N6O3/c1-29(2,37)28(36)34-12-10-19-13-23(18-34)35(16-19)17-22-5-3-20-14-24(6-7-25(20)32-22)38-27-8-4-21(15-30-27)26-9-11-31-33-26/h3-9,11,14-15,19,23,37H,10,12-13,16-18H2,1-2H3,(H,31,33). The van der Waals surface area contributed by atoms with Gasteiger partial charge in [-0.05, 0) is 69.0 Å². The summed E-state index contributed by atoms with van der Waals surface area (Å²) in [6.07, 6.45) is 5.53. The van der Waals surface area contributed by atoms with Gasteiger partial charge < -0.3 is 14.7 Å². The molecule has 9 heteroatoms. The quantitative estimate of drug-likeness (QED) is 0.402. The Hall–Kier alpha value is -3.82. The lowest BCUT2D eigenvalue weighted by molar-refractivity contribution is -0.148. The number of H-pyrrole nitrogens is 1. The molecule has 4 aromatic rings. The molecule has 2 bridgehead atoms. The fourth-order valence-electron chi connectivity index (χ4n) is 5.58. The number of hydrogen-bond acceptors (Lipinski definition) is 7. The van der Waals surface area contributed by atoms with Gasteiger partial charge in [0, 0.05) is 61.6 Å². The van der Waals surface area contributed by atoms with Crippen molar-refractivity contribution in [2.24, 2.45) is 5.92 Å². The van der Waals surface area contributed by atoms with Crippen molar-refractivity contribution in [1.29, 1.82) is 0 Å². The first kappa shape index (κ1) is 24.5. The van der Waals surface area contributed by atoms with Crippen LogP contribution in [0.4, 0.5) is 0 Å². The number of carbonyl (C=O) groups excluding carboxylic acids is 1. The van der Waals surface area contributed by atoms with E-state index in [0.29, 0.717) is 24.1 Å². The summed E-state index contributed by atoms with van der Waals surface area (Å²) >= 11 is 0. The highest BCUT2D eigenvalue weighted by molar-refractivity contribution is 5.84. The average molecular weight is 513 g/mol. The van der Waals surface area contributed by atoms with Gasteiger partial charge in [0.15, 0.2) is 0 Å². The zero-order valence-corrected chi connectivity index (χ0v) is 21.7. The number of pyridine rings is 2. The first-order valence-electron chi connectivity index (χ1n) is 13.1. The van der Waals surface area contributed by atoms with E-state index in [2.05, 4.69) is 32.2 Å². The Kier molecular flexibility index (Phi) is 6.33. The minimum absolute atomic E-state index is 0.184. The molecule has 2 aliphatic rings. The van der Waals surface area contributed by atoms with Crippen LogP contribution in [-0.4, -0.2) is 72.3 Å². The van der Waals surface area contributed by atoms with Crippen LogP contribution in [0.1, 0.15) is 32.4 Å². The number of rotatable bonds is 6. The van der Waals surface area contributed by atoms with Gasteiger partial charge in [-0.3, -0.25) is 19.8 Å². The third kappa shape index (κ3) is 5.12. The molecule has 5 heterocycles. The summed E-state index contributed by atoms with van der Waals surface area (Å²) in [5.74, 6) is 1.61. The molecule has 2 saturated heterocycles. The maximum atomic E-state index is 12.7. The van der Waals surface area contributed by atoms with E-state index in [9.17, 15) is 9.90 Å². The number of amides is 1. The third-order valence-electron chi connectivity index (χ3n) is 7.52. The van der Waals surface area contributed by atoms with Crippen LogP contribution in [0.3, 0.4) is 0 Å². The van der Waals surface area contributed by atoms with Crippen LogP contribution in [0.15, 0.2) is 60.9 Å². The smallest absolute Gasteiger partial charge is 0.254 e. The van der Waals surface area contributed by atoms with Gasteiger partial charge in [0.1, 0.15) is 11.4 Å². The van der Waals surface area contributed by atoms with Crippen molar-refractivity contribution in [1.82, 2.24) is 30.0 Å². The number of nitrogens with zero attached hydrogens (tertiary/aromatic N) is 5. The molecular weight excluding hydrogens is 480 g/mol. The van der Waals surface area contributed by atoms with E-state index in [-0.39, 0.29) is 11.9 Å². The summed E-state index contributed by atoms with van der Waals surface area (Å²) < 4.78 is 5.99. The summed E-state index contributed by atoms with van der Waals surface area (Å²) in [6.45, 7) is 6.28. The van der Waals surface area contributed by atoms with Gasteiger partial charge in [-0.2, -0.15) is 5.10 Å². The Morgan fingerprint density at radius 2 is 2.05 bits per heavy atom. The minimum atomic E-state index is -1.34. The number of hydrogen-bond donors (Lipinski definition) is 2. The fourth-order valence-corrected chi connectivity index (χ4v) is 5.58. The molecule has 3 aromatic heterocycles. The number of aliphatic hydroxyl groups is 1. The van der Waals surface area contributed by atoms with Gasteiger partial charge in [0.25, 0.3) is 5.91 Å². The van der Waals surface area contributed by atoms with Crippen LogP contribution in [0.5, 0.6) is 11.6 Å². The highest BCUT2D eigenvalue weighted by Gasteiger charge is 2.39. The Balaban J connectivity index is 1.12. The predicted octanol–water partition coefficient (Wildman–Crippen LogP) is 4.01. The molecule has 2 aliphatic heterocycles. The second-order valence-electron chi connectivity index (χ2n) is 10.9. The number of fused-ring (bicyclic) bond motifs is 3. The minimum Gasteiger partial charge on any atom is -0.439 e. The van der Waals surface area contributed by atoms with E-state index < -0.39 is 5.60 Å². The highest BCUT2D eigenvalue weighted by Crippen LogP contribution is 2.32. The van der Waals surface area contributed by atoms with Crippen LogP contribution >= 0.6 is 0 Å². The molecule has 2 unspecified atom stereocenters. The lowest BCUT2D eigenvalue weighted by Gasteiger charge is -2.34. The zero-order chi connectivity index (χ0) is 26.3. The average Bonchev–Trinajstić information content (AvgIpc) is 3.51. The number of aromatic amines is 1. The van der Waals surface area contributed by atoms with Crippen molar-refractivity contribution < 1.29 is 14.6 Å². The molecule has 196 valence electrons. The van der Waals surface area contributed by atoms with Gasteiger partial charge in [0.05, 0.1) is 16.9 Å². The lowest BCUT2D eigenvalue weighted by atomic mass is 10.0. The maximum absolute atomic E-state index is 12.7. The van der Waals surface area contributed by atoms with Gasteiger partial charge in [-0.15, -0.1) is 0 Å². The number of aromatic nitrogens is 4. The van der Waals surface area contributed by atoms with Crippen molar-refractivity contribution >= 4 is 16.8 Å². The van der Waals surface area contributed by atoms with Crippen LogP contribution in [0.2, 0.25) is 0 Å². The maximum Gasteiger partial charge on any atom is 0.254 e. The van der Waals surface area contributed by atoms with Crippen molar-refractivity contribution in [2.75, 3.05) is 19.6 Å². The molecule has 1 aromatic carbocycles. The van der Waals surface area contributed by atoms with Gasteiger partial charge in [-0.1, -0.05) is 6.07 Å². The zero-order valence-electron chi connectivity index (χ0n) is 21.7. The van der Waals surface area contributed by atoms with E-state index in [4.69, 9.17) is 9.72 Å². The monoisotopic (exact) mass is 512 g/mol. The van der Waals surface area contributed by atoms with Crippen molar-refractivity contribution in [3.63, 3.8) is 0 Å². The molecule has 0 saturated carbocycles. The molecule has 2 atom stereocenters. The molecule has 1 amide bonds. The first-order valence-corrected chi connectivity index (χ1v) is 13.1. The largest absolute Gasteiger partial charge is 0.439 e. The topological polar surface area (TPSA) is 107 Å². The summed E-state index contributed by atoms with van der Waals surface area (Å²) in [6, 6.07) is 16.0. The fraction of sp³-hybridized carbons (Fsp3) is 0.379. The molecule has 0 aliphatic carbocycles. The Labute approximate surface area is 221 Å². The molecule has 9 nitrogen and oxygen atoms in total. The summed E-state index contributed by atoms with van der Waals surface area (Å²) in [5, 5.41) is 18.1. The molecule has 0 spiro atoms. The van der Waals surface area contributed by atoms with E-state index in [1.807, 2.05) is 41.3 Å².